The molecule has 0 bridgehead atoms. The molecule has 2 atom stereocenters. The van der Waals surface area contributed by atoms with Crippen molar-refractivity contribution in [2.75, 3.05) is 36.5 Å². The third kappa shape index (κ3) is 4.61. The fraction of sp³-hybridized carbons (Fsp3) is 0.421. The molecule has 134 valence electrons. The minimum atomic E-state index is -0.334. The van der Waals surface area contributed by atoms with Crippen LogP contribution in [0.3, 0.4) is 0 Å². The zero-order valence-electron chi connectivity index (χ0n) is 14.7. The third-order valence-electron chi connectivity index (χ3n) is 4.37. The first kappa shape index (κ1) is 17.5. The number of carbonyl (C=O) groups is 1. The van der Waals surface area contributed by atoms with Gasteiger partial charge in [-0.15, -0.1) is 0 Å². The first-order valence-corrected chi connectivity index (χ1v) is 8.66. The molecule has 0 spiro atoms. The van der Waals surface area contributed by atoms with Crippen LogP contribution in [0.2, 0.25) is 0 Å². The van der Waals surface area contributed by atoms with Crippen molar-refractivity contribution in [2.24, 2.45) is 0 Å². The van der Waals surface area contributed by atoms with E-state index in [2.05, 4.69) is 15.5 Å². The van der Waals surface area contributed by atoms with Crippen LogP contribution in [0.25, 0.3) is 0 Å². The SMILES string of the molecule is C[C@H](N[C@H](C)c1ccco1)C(=O)Nc1ccc(N2CCOCC2)cc1. The molecule has 25 heavy (non-hydrogen) atoms. The maximum atomic E-state index is 12.4. The van der Waals surface area contributed by atoms with Gasteiger partial charge in [0.1, 0.15) is 5.76 Å². The van der Waals surface area contributed by atoms with Crippen LogP contribution < -0.4 is 15.5 Å². The Kier molecular flexibility index (Phi) is 5.73. The van der Waals surface area contributed by atoms with Crippen molar-refractivity contribution >= 4 is 17.3 Å². The number of morpholine rings is 1. The number of hydrogen-bond donors (Lipinski definition) is 2. The number of nitrogens with one attached hydrogen (secondary N) is 2. The molecule has 1 fully saturated rings. The van der Waals surface area contributed by atoms with Crippen LogP contribution in [-0.2, 0) is 9.53 Å². The summed E-state index contributed by atoms with van der Waals surface area (Å²) in [4.78, 5) is 14.7. The number of amides is 1. The Balaban J connectivity index is 1.53. The van der Waals surface area contributed by atoms with Gasteiger partial charge in [-0.1, -0.05) is 0 Å². The second kappa shape index (κ2) is 8.18. The van der Waals surface area contributed by atoms with E-state index < -0.39 is 0 Å². The van der Waals surface area contributed by atoms with Gasteiger partial charge < -0.3 is 19.4 Å². The number of hydrogen-bond acceptors (Lipinski definition) is 5. The van der Waals surface area contributed by atoms with Crippen LogP contribution in [-0.4, -0.2) is 38.3 Å². The number of carbonyl (C=O) groups excluding carboxylic acids is 1. The molecule has 0 unspecified atom stereocenters. The Morgan fingerprint density at radius 1 is 1.12 bits per heavy atom. The van der Waals surface area contributed by atoms with E-state index >= 15 is 0 Å². The Morgan fingerprint density at radius 2 is 1.84 bits per heavy atom. The van der Waals surface area contributed by atoms with Crippen LogP contribution in [0, 0.1) is 0 Å². The monoisotopic (exact) mass is 343 g/mol. The van der Waals surface area contributed by atoms with Gasteiger partial charge in [0.15, 0.2) is 0 Å². The maximum absolute atomic E-state index is 12.4. The van der Waals surface area contributed by atoms with Crippen molar-refractivity contribution in [1.82, 2.24) is 5.32 Å². The molecule has 1 saturated heterocycles. The first-order valence-electron chi connectivity index (χ1n) is 8.66. The van der Waals surface area contributed by atoms with Crippen molar-refractivity contribution < 1.29 is 13.9 Å². The second-order valence-corrected chi connectivity index (χ2v) is 6.26. The Hall–Kier alpha value is -2.31. The molecule has 1 aromatic heterocycles. The summed E-state index contributed by atoms with van der Waals surface area (Å²) >= 11 is 0. The summed E-state index contributed by atoms with van der Waals surface area (Å²) in [5, 5.41) is 6.18. The summed E-state index contributed by atoms with van der Waals surface area (Å²) in [7, 11) is 0. The maximum Gasteiger partial charge on any atom is 0.241 e. The van der Waals surface area contributed by atoms with Gasteiger partial charge in [-0.3, -0.25) is 10.1 Å². The second-order valence-electron chi connectivity index (χ2n) is 6.26. The van der Waals surface area contributed by atoms with E-state index in [9.17, 15) is 4.79 Å². The van der Waals surface area contributed by atoms with Gasteiger partial charge in [0.25, 0.3) is 0 Å². The van der Waals surface area contributed by atoms with E-state index in [0.717, 1.165) is 43.4 Å². The van der Waals surface area contributed by atoms with Gasteiger partial charge in [0.2, 0.25) is 5.91 Å². The van der Waals surface area contributed by atoms with Crippen molar-refractivity contribution in [3.05, 3.63) is 48.4 Å². The molecule has 6 nitrogen and oxygen atoms in total. The molecular formula is C19H25N3O3. The predicted octanol–water partition coefficient (Wildman–Crippen LogP) is 2.79. The molecule has 2 heterocycles. The van der Waals surface area contributed by atoms with E-state index in [1.165, 1.54) is 0 Å². The molecule has 2 N–H and O–H groups in total. The molecule has 6 heteroatoms. The van der Waals surface area contributed by atoms with Gasteiger partial charge in [-0.2, -0.15) is 0 Å². The fourth-order valence-electron chi connectivity index (χ4n) is 2.90. The zero-order valence-corrected chi connectivity index (χ0v) is 14.7. The first-order chi connectivity index (χ1) is 12.1. The quantitative estimate of drug-likeness (QED) is 0.844. The lowest BCUT2D eigenvalue weighted by Crippen LogP contribution is -2.39. The van der Waals surface area contributed by atoms with Gasteiger partial charge in [0, 0.05) is 24.5 Å². The molecule has 1 aliphatic heterocycles. The molecule has 1 amide bonds. The lowest BCUT2D eigenvalue weighted by atomic mass is 10.2. The van der Waals surface area contributed by atoms with Gasteiger partial charge >= 0.3 is 0 Å². The fourth-order valence-corrected chi connectivity index (χ4v) is 2.90. The third-order valence-corrected chi connectivity index (χ3v) is 4.37. The summed E-state index contributed by atoms with van der Waals surface area (Å²) in [5.74, 6) is 0.743. The van der Waals surface area contributed by atoms with E-state index in [4.69, 9.17) is 9.15 Å². The molecule has 2 aromatic rings. The lowest BCUT2D eigenvalue weighted by Gasteiger charge is -2.29. The van der Waals surface area contributed by atoms with E-state index in [1.807, 2.05) is 50.2 Å². The normalized spacial score (nSPS) is 17.1. The van der Waals surface area contributed by atoms with Crippen LogP contribution in [0.1, 0.15) is 25.6 Å². The summed E-state index contributed by atoms with van der Waals surface area (Å²) in [6.07, 6.45) is 1.63. The summed E-state index contributed by atoms with van der Waals surface area (Å²) < 4.78 is 10.7. The number of rotatable bonds is 6. The van der Waals surface area contributed by atoms with Gasteiger partial charge in [-0.25, -0.2) is 0 Å². The summed E-state index contributed by atoms with van der Waals surface area (Å²) in [6.45, 7) is 7.14. The van der Waals surface area contributed by atoms with E-state index in [1.54, 1.807) is 6.26 Å². The average Bonchev–Trinajstić information content (AvgIpc) is 3.18. The number of anilines is 2. The number of ether oxygens (including phenoxy) is 1. The van der Waals surface area contributed by atoms with Gasteiger partial charge in [0.05, 0.1) is 31.6 Å². The Labute approximate surface area is 148 Å². The van der Waals surface area contributed by atoms with Crippen molar-refractivity contribution in [3.8, 4) is 0 Å². The zero-order chi connectivity index (χ0) is 17.6. The van der Waals surface area contributed by atoms with Crippen molar-refractivity contribution in [3.63, 3.8) is 0 Å². The van der Waals surface area contributed by atoms with Crippen LogP contribution in [0.4, 0.5) is 11.4 Å². The Bertz CT molecular complexity index is 664. The van der Waals surface area contributed by atoms with Crippen molar-refractivity contribution in [1.29, 1.82) is 0 Å². The highest BCUT2D eigenvalue weighted by molar-refractivity contribution is 5.94. The molecule has 0 aliphatic carbocycles. The van der Waals surface area contributed by atoms with E-state index in [-0.39, 0.29) is 18.0 Å². The standard InChI is InChI=1S/C19H25N3O3/c1-14(18-4-3-11-25-18)20-15(2)19(23)21-16-5-7-17(8-6-16)22-9-12-24-13-10-22/h3-8,11,14-15,20H,9-10,12-13H2,1-2H3,(H,21,23)/t14-,15+/m1/s1. The number of nitrogens with zero attached hydrogens (tertiary/aromatic N) is 1. The number of benzene rings is 1. The van der Waals surface area contributed by atoms with Crippen molar-refractivity contribution in [2.45, 2.75) is 25.9 Å². The van der Waals surface area contributed by atoms with Crippen LogP contribution in [0.15, 0.2) is 47.1 Å². The molecule has 0 radical (unpaired) electrons. The molecule has 1 aliphatic rings. The highest BCUT2D eigenvalue weighted by Crippen LogP contribution is 2.19. The lowest BCUT2D eigenvalue weighted by molar-refractivity contribution is -0.118. The predicted molar refractivity (Wildman–Crippen MR) is 97.8 cm³/mol. The van der Waals surface area contributed by atoms with E-state index in [0.29, 0.717) is 0 Å². The summed E-state index contributed by atoms with van der Waals surface area (Å²) in [6, 6.07) is 11.3. The van der Waals surface area contributed by atoms with Crippen LogP contribution >= 0.6 is 0 Å². The smallest absolute Gasteiger partial charge is 0.241 e. The average molecular weight is 343 g/mol. The molecule has 0 saturated carbocycles. The molecule has 1 aromatic carbocycles. The topological polar surface area (TPSA) is 66.7 Å². The largest absolute Gasteiger partial charge is 0.468 e. The molecule has 3 rings (SSSR count). The summed E-state index contributed by atoms with van der Waals surface area (Å²) in [5.41, 5.74) is 1.94. The Morgan fingerprint density at radius 3 is 2.48 bits per heavy atom. The van der Waals surface area contributed by atoms with Gasteiger partial charge in [-0.05, 0) is 50.2 Å². The molecular weight excluding hydrogens is 318 g/mol. The highest BCUT2D eigenvalue weighted by Gasteiger charge is 2.18. The minimum absolute atomic E-state index is 0.0283. The van der Waals surface area contributed by atoms with Crippen LogP contribution in [0.5, 0.6) is 0 Å². The highest BCUT2D eigenvalue weighted by atomic mass is 16.5. The number of furan rings is 1. The minimum Gasteiger partial charge on any atom is -0.468 e.